The van der Waals surface area contributed by atoms with E-state index in [1.807, 2.05) is 0 Å². The molecular formula is C12H20N2O6. The van der Waals surface area contributed by atoms with Crippen LogP contribution in [0.5, 0.6) is 0 Å². The summed E-state index contributed by atoms with van der Waals surface area (Å²) in [5.74, 6) is -3.36. The van der Waals surface area contributed by atoms with Crippen molar-refractivity contribution in [3.05, 3.63) is 0 Å². The van der Waals surface area contributed by atoms with E-state index in [9.17, 15) is 19.2 Å². The summed E-state index contributed by atoms with van der Waals surface area (Å²) in [5.41, 5.74) is 0. The molecule has 1 atom stereocenters. The van der Waals surface area contributed by atoms with Gasteiger partial charge in [0.15, 0.2) is 5.78 Å². The third kappa shape index (κ3) is 7.47. The molecule has 0 spiro atoms. The van der Waals surface area contributed by atoms with Crippen molar-refractivity contribution in [2.45, 2.75) is 26.8 Å². The number of rotatable bonds is 9. The van der Waals surface area contributed by atoms with Crippen molar-refractivity contribution in [1.29, 1.82) is 0 Å². The highest BCUT2D eigenvalue weighted by molar-refractivity contribution is 5.88. The topological polar surface area (TPSA) is 124 Å². The molecule has 0 aromatic heterocycles. The van der Waals surface area contributed by atoms with Gasteiger partial charge in [-0.3, -0.25) is 24.1 Å². The summed E-state index contributed by atoms with van der Waals surface area (Å²) in [7, 11) is 0. The highest BCUT2D eigenvalue weighted by Gasteiger charge is 2.23. The molecule has 20 heavy (non-hydrogen) atoms. The molecular weight excluding hydrogens is 268 g/mol. The number of hydrogen-bond donors (Lipinski definition) is 3. The molecule has 0 bridgehead atoms. The van der Waals surface area contributed by atoms with Crippen LogP contribution in [0, 0.1) is 5.92 Å². The standard InChI is InChI=1S/C12H20N2O6/c1-7(2)12(8(3)15)13-9(16)4-14(5-10(17)18)6-11(19)20/h7,12H,4-6H2,1-3H3,(H,13,16)(H,17,18)(H,19,20). The van der Waals surface area contributed by atoms with Crippen LogP contribution in [0.2, 0.25) is 0 Å². The third-order valence-electron chi connectivity index (χ3n) is 2.51. The highest BCUT2D eigenvalue weighted by atomic mass is 16.4. The summed E-state index contributed by atoms with van der Waals surface area (Å²) in [6.45, 7) is 3.35. The van der Waals surface area contributed by atoms with Gasteiger partial charge in [0.1, 0.15) is 0 Å². The third-order valence-corrected chi connectivity index (χ3v) is 2.51. The van der Waals surface area contributed by atoms with Gasteiger partial charge in [-0.15, -0.1) is 0 Å². The van der Waals surface area contributed by atoms with E-state index >= 15 is 0 Å². The number of nitrogens with one attached hydrogen (secondary N) is 1. The smallest absolute Gasteiger partial charge is 0.317 e. The second kappa shape index (κ2) is 8.26. The molecule has 0 rings (SSSR count). The first-order valence-corrected chi connectivity index (χ1v) is 6.09. The lowest BCUT2D eigenvalue weighted by Crippen LogP contribution is -2.48. The van der Waals surface area contributed by atoms with Gasteiger partial charge >= 0.3 is 11.9 Å². The number of Topliss-reactive ketones (excluding diaryl/α,β-unsaturated/α-hetero) is 1. The number of carboxylic acid groups (broad SMARTS) is 2. The van der Waals surface area contributed by atoms with Crippen molar-refractivity contribution in [1.82, 2.24) is 10.2 Å². The van der Waals surface area contributed by atoms with Gasteiger partial charge in [0.2, 0.25) is 5.91 Å². The van der Waals surface area contributed by atoms with Gasteiger partial charge in [-0.1, -0.05) is 13.8 Å². The van der Waals surface area contributed by atoms with Crippen LogP contribution in [0.15, 0.2) is 0 Å². The maximum atomic E-state index is 11.7. The van der Waals surface area contributed by atoms with Gasteiger partial charge < -0.3 is 15.5 Å². The zero-order valence-electron chi connectivity index (χ0n) is 11.8. The Morgan fingerprint density at radius 1 is 1.00 bits per heavy atom. The normalized spacial score (nSPS) is 12.2. The minimum atomic E-state index is -1.23. The first-order chi connectivity index (χ1) is 9.13. The molecule has 0 heterocycles. The number of hydrogen-bond acceptors (Lipinski definition) is 5. The lowest BCUT2D eigenvalue weighted by Gasteiger charge is -2.22. The molecule has 0 aliphatic carbocycles. The summed E-state index contributed by atoms with van der Waals surface area (Å²) >= 11 is 0. The van der Waals surface area contributed by atoms with E-state index in [0.717, 1.165) is 4.90 Å². The summed E-state index contributed by atoms with van der Waals surface area (Å²) in [6.07, 6.45) is 0. The fraction of sp³-hybridized carbons (Fsp3) is 0.667. The van der Waals surface area contributed by atoms with E-state index in [2.05, 4.69) is 5.32 Å². The fourth-order valence-electron chi connectivity index (χ4n) is 1.71. The van der Waals surface area contributed by atoms with Gasteiger partial charge in [0, 0.05) is 0 Å². The number of aliphatic carboxylic acids is 2. The lowest BCUT2D eigenvalue weighted by molar-refractivity contribution is -0.142. The highest BCUT2D eigenvalue weighted by Crippen LogP contribution is 2.02. The molecule has 0 aliphatic rings. The van der Waals surface area contributed by atoms with Crippen LogP contribution in [0.1, 0.15) is 20.8 Å². The molecule has 1 amide bonds. The van der Waals surface area contributed by atoms with Gasteiger partial charge in [-0.05, 0) is 12.8 Å². The van der Waals surface area contributed by atoms with Crippen molar-refractivity contribution >= 4 is 23.6 Å². The van der Waals surface area contributed by atoms with Crippen LogP contribution < -0.4 is 5.32 Å². The molecule has 114 valence electrons. The molecule has 0 saturated heterocycles. The summed E-state index contributed by atoms with van der Waals surface area (Å²) in [6, 6.07) is -0.668. The van der Waals surface area contributed by atoms with E-state index in [-0.39, 0.29) is 11.7 Å². The van der Waals surface area contributed by atoms with Crippen LogP contribution in [-0.2, 0) is 19.2 Å². The van der Waals surface area contributed by atoms with Gasteiger partial charge in [0.25, 0.3) is 0 Å². The number of amides is 1. The predicted molar refractivity (Wildman–Crippen MR) is 69.2 cm³/mol. The second-order valence-corrected chi connectivity index (χ2v) is 4.83. The largest absolute Gasteiger partial charge is 0.480 e. The zero-order valence-corrected chi connectivity index (χ0v) is 11.8. The van der Waals surface area contributed by atoms with Crippen LogP contribution in [0.25, 0.3) is 0 Å². The van der Waals surface area contributed by atoms with Crippen LogP contribution in [-0.4, -0.2) is 64.4 Å². The molecule has 0 aromatic rings. The molecule has 8 heteroatoms. The number of carbonyl (C=O) groups excluding carboxylic acids is 2. The van der Waals surface area contributed by atoms with E-state index in [4.69, 9.17) is 10.2 Å². The number of carbonyl (C=O) groups is 4. The molecule has 1 unspecified atom stereocenters. The Bertz CT molecular complexity index is 377. The van der Waals surface area contributed by atoms with E-state index in [1.165, 1.54) is 6.92 Å². The van der Waals surface area contributed by atoms with Crippen LogP contribution >= 0.6 is 0 Å². The summed E-state index contributed by atoms with van der Waals surface area (Å²) in [4.78, 5) is 45.2. The summed E-state index contributed by atoms with van der Waals surface area (Å²) < 4.78 is 0. The fourth-order valence-corrected chi connectivity index (χ4v) is 1.71. The Hall–Kier alpha value is -1.96. The minimum Gasteiger partial charge on any atom is -0.480 e. The first-order valence-electron chi connectivity index (χ1n) is 6.09. The van der Waals surface area contributed by atoms with Crippen LogP contribution in [0.3, 0.4) is 0 Å². The van der Waals surface area contributed by atoms with Crippen molar-refractivity contribution in [3.63, 3.8) is 0 Å². The minimum absolute atomic E-state index is 0.108. The molecule has 0 aliphatic heterocycles. The lowest BCUT2D eigenvalue weighted by atomic mass is 10.0. The molecule has 0 saturated carbocycles. The van der Waals surface area contributed by atoms with Gasteiger partial charge in [0.05, 0.1) is 25.7 Å². The maximum absolute atomic E-state index is 11.7. The zero-order chi connectivity index (χ0) is 15.9. The average molecular weight is 288 g/mol. The van der Waals surface area contributed by atoms with Crippen molar-refractivity contribution in [3.8, 4) is 0 Å². The summed E-state index contributed by atoms with van der Waals surface area (Å²) in [5, 5.41) is 19.8. The average Bonchev–Trinajstić information content (AvgIpc) is 2.22. The molecule has 8 nitrogen and oxygen atoms in total. The Morgan fingerprint density at radius 3 is 1.75 bits per heavy atom. The van der Waals surface area contributed by atoms with Crippen LogP contribution in [0.4, 0.5) is 0 Å². The van der Waals surface area contributed by atoms with Crippen molar-refractivity contribution < 1.29 is 29.4 Å². The molecule has 3 N–H and O–H groups in total. The van der Waals surface area contributed by atoms with Crippen molar-refractivity contribution in [2.75, 3.05) is 19.6 Å². The van der Waals surface area contributed by atoms with Crippen molar-refractivity contribution in [2.24, 2.45) is 5.92 Å². The number of ketones is 1. The number of nitrogens with zero attached hydrogens (tertiary/aromatic N) is 1. The Kier molecular flexibility index (Phi) is 7.45. The predicted octanol–water partition coefficient (Wildman–Crippen LogP) is -0.813. The van der Waals surface area contributed by atoms with Gasteiger partial charge in [-0.25, -0.2) is 0 Å². The molecule has 0 fully saturated rings. The Morgan fingerprint density at radius 2 is 1.45 bits per heavy atom. The molecule has 0 radical (unpaired) electrons. The Labute approximate surface area is 116 Å². The number of carboxylic acids is 2. The monoisotopic (exact) mass is 288 g/mol. The first kappa shape index (κ1) is 18.0. The van der Waals surface area contributed by atoms with E-state index in [0.29, 0.717) is 0 Å². The SMILES string of the molecule is CC(=O)C(NC(=O)CN(CC(=O)O)CC(=O)O)C(C)C. The second-order valence-electron chi connectivity index (χ2n) is 4.83. The Balaban J connectivity index is 4.62. The van der Waals surface area contributed by atoms with E-state index in [1.54, 1.807) is 13.8 Å². The molecule has 0 aromatic carbocycles. The quantitative estimate of drug-likeness (QED) is 0.506. The maximum Gasteiger partial charge on any atom is 0.317 e. The van der Waals surface area contributed by atoms with Gasteiger partial charge in [-0.2, -0.15) is 0 Å². The van der Waals surface area contributed by atoms with E-state index < -0.39 is 43.5 Å².